The van der Waals surface area contributed by atoms with Gasteiger partial charge in [0.1, 0.15) is 0 Å². The molecule has 3 N–H and O–H groups in total. The van der Waals surface area contributed by atoms with Crippen LogP contribution in [0.15, 0.2) is 30.3 Å². The predicted octanol–water partition coefficient (Wildman–Crippen LogP) is 1.51. The summed E-state index contributed by atoms with van der Waals surface area (Å²) in [7, 11) is 0. The Morgan fingerprint density at radius 3 is 2.53 bits per heavy atom. The van der Waals surface area contributed by atoms with Crippen LogP contribution < -0.4 is 11.1 Å². The van der Waals surface area contributed by atoms with Gasteiger partial charge in [-0.2, -0.15) is 0 Å². The Labute approximate surface area is 106 Å². The zero-order chi connectivity index (χ0) is 12.3. The van der Waals surface area contributed by atoms with Crippen molar-refractivity contribution < 1.29 is 4.79 Å². The normalized spacial score (nSPS) is 16.2. The average molecular weight is 248 g/mol. The van der Waals surface area contributed by atoms with Crippen LogP contribution in [0.1, 0.15) is 24.8 Å². The maximum absolute atomic E-state index is 12.1. The number of rotatable bonds is 5. The first-order valence-corrected chi connectivity index (χ1v) is 6.18. The Kier molecular flexibility index (Phi) is 3.43. The molecule has 0 unspecified atom stereocenters. The van der Waals surface area contributed by atoms with Gasteiger partial charge in [-0.25, -0.2) is 0 Å². The maximum Gasteiger partial charge on any atom is 0.230 e. The highest BCUT2D eigenvalue weighted by atomic mass is 32.1. The second-order valence-electron chi connectivity index (χ2n) is 4.42. The molecule has 0 spiro atoms. The van der Waals surface area contributed by atoms with Gasteiger partial charge in [-0.1, -0.05) is 42.5 Å². The fourth-order valence-corrected chi connectivity index (χ4v) is 2.10. The summed E-state index contributed by atoms with van der Waals surface area (Å²) in [5, 5.41) is 2.91. The standard InChI is InChI=1S/C13H16N2OS/c14-11(17)6-9-15-12(16)13(7-8-13)10-4-2-1-3-5-10/h1-5H,6-9H2,(H2,14,17)(H,15,16). The van der Waals surface area contributed by atoms with E-state index in [0.29, 0.717) is 18.0 Å². The average Bonchev–Trinajstić information content (AvgIpc) is 3.11. The predicted molar refractivity (Wildman–Crippen MR) is 71.8 cm³/mol. The Bertz CT molecular complexity index is 426. The van der Waals surface area contributed by atoms with Crippen molar-refractivity contribution in [1.82, 2.24) is 5.32 Å². The van der Waals surface area contributed by atoms with Crippen LogP contribution in [0.4, 0.5) is 0 Å². The van der Waals surface area contributed by atoms with Crippen molar-refractivity contribution in [2.75, 3.05) is 6.54 Å². The summed E-state index contributed by atoms with van der Waals surface area (Å²) in [6, 6.07) is 9.93. The SMILES string of the molecule is NC(=S)CCNC(=O)C1(c2ccccc2)CC1. The molecule has 1 aliphatic carbocycles. The highest BCUT2D eigenvalue weighted by Crippen LogP contribution is 2.48. The molecule has 4 heteroatoms. The van der Waals surface area contributed by atoms with Gasteiger partial charge in [0.2, 0.25) is 5.91 Å². The number of carbonyl (C=O) groups is 1. The van der Waals surface area contributed by atoms with E-state index >= 15 is 0 Å². The van der Waals surface area contributed by atoms with Crippen LogP contribution in [0.2, 0.25) is 0 Å². The molecule has 0 atom stereocenters. The lowest BCUT2D eigenvalue weighted by Crippen LogP contribution is -2.36. The first-order chi connectivity index (χ1) is 8.15. The number of carbonyl (C=O) groups excluding carboxylic acids is 1. The molecule has 0 radical (unpaired) electrons. The number of thiocarbonyl (C=S) groups is 1. The van der Waals surface area contributed by atoms with E-state index in [1.165, 1.54) is 0 Å². The minimum Gasteiger partial charge on any atom is -0.393 e. The summed E-state index contributed by atoms with van der Waals surface area (Å²) in [5.41, 5.74) is 6.20. The minimum atomic E-state index is -0.294. The van der Waals surface area contributed by atoms with E-state index in [9.17, 15) is 4.79 Å². The minimum absolute atomic E-state index is 0.0972. The second-order valence-corrected chi connectivity index (χ2v) is 4.94. The van der Waals surface area contributed by atoms with Gasteiger partial charge in [0, 0.05) is 13.0 Å². The molecule has 1 aromatic rings. The molecule has 0 saturated heterocycles. The van der Waals surface area contributed by atoms with Gasteiger partial charge >= 0.3 is 0 Å². The summed E-state index contributed by atoms with van der Waals surface area (Å²) in [4.78, 5) is 12.6. The molecular weight excluding hydrogens is 232 g/mol. The molecule has 2 rings (SSSR count). The largest absolute Gasteiger partial charge is 0.393 e. The quantitative estimate of drug-likeness (QED) is 0.777. The second kappa shape index (κ2) is 4.84. The van der Waals surface area contributed by atoms with Crippen LogP contribution in [0.3, 0.4) is 0 Å². The molecule has 17 heavy (non-hydrogen) atoms. The summed E-state index contributed by atoms with van der Waals surface area (Å²) in [5.74, 6) is 0.0972. The summed E-state index contributed by atoms with van der Waals surface area (Å²) in [6.07, 6.45) is 2.41. The molecule has 0 aromatic heterocycles. The van der Waals surface area contributed by atoms with Crippen LogP contribution in [-0.4, -0.2) is 17.4 Å². The summed E-state index contributed by atoms with van der Waals surface area (Å²) >= 11 is 4.78. The van der Waals surface area contributed by atoms with Crippen molar-refractivity contribution in [3.05, 3.63) is 35.9 Å². The number of amides is 1. The molecule has 0 heterocycles. The lowest BCUT2D eigenvalue weighted by atomic mass is 9.95. The molecule has 0 aliphatic heterocycles. The first kappa shape index (κ1) is 12.0. The number of benzene rings is 1. The molecule has 3 nitrogen and oxygen atoms in total. The summed E-state index contributed by atoms with van der Waals surface area (Å²) < 4.78 is 0. The van der Waals surface area contributed by atoms with Crippen molar-refractivity contribution in [2.45, 2.75) is 24.7 Å². The number of nitrogens with two attached hydrogens (primary N) is 1. The highest BCUT2D eigenvalue weighted by molar-refractivity contribution is 7.80. The van der Waals surface area contributed by atoms with Crippen molar-refractivity contribution in [3.63, 3.8) is 0 Å². The van der Waals surface area contributed by atoms with Gasteiger partial charge < -0.3 is 11.1 Å². The molecule has 1 aromatic carbocycles. The van der Waals surface area contributed by atoms with E-state index in [2.05, 4.69) is 5.32 Å². The zero-order valence-corrected chi connectivity index (χ0v) is 10.4. The number of nitrogens with one attached hydrogen (secondary N) is 1. The van der Waals surface area contributed by atoms with Crippen molar-refractivity contribution >= 4 is 23.1 Å². The highest BCUT2D eigenvalue weighted by Gasteiger charge is 2.50. The molecule has 1 saturated carbocycles. The lowest BCUT2D eigenvalue weighted by molar-refractivity contribution is -0.123. The van der Waals surface area contributed by atoms with Gasteiger partial charge in [-0.3, -0.25) is 4.79 Å². The number of hydrogen-bond acceptors (Lipinski definition) is 2. The molecule has 0 bridgehead atoms. The van der Waals surface area contributed by atoms with Gasteiger partial charge in [-0.05, 0) is 18.4 Å². The van der Waals surface area contributed by atoms with E-state index in [-0.39, 0.29) is 11.3 Å². The Morgan fingerprint density at radius 1 is 1.35 bits per heavy atom. The van der Waals surface area contributed by atoms with E-state index in [0.717, 1.165) is 18.4 Å². The zero-order valence-electron chi connectivity index (χ0n) is 9.61. The van der Waals surface area contributed by atoms with Gasteiger partial charge in [0.05, 0.1) is 10.4 Å². The Hall–Kier alpha value is -1.42. The Balaban J connectivity index is 1.97. The van der Waals surface area contributed by atoms with E-state index in [4.69, 9.17) is 18.0 Å². The van der Waals surface area contributed by atoms with Gasteiger partial charge in [-0.15, -0.1) is 0 Å². The van der Waals surface area contributed by atoms with Gasteiger partial charge in [0.15, 0.2) is 0 Å². The van der Waals surface area contributed by atoms with Crippen LogP contribution in [0, 0.1) is 0 Å². The molecule has 90 valence electrons. The topological polar surface area (TPSA) is 55.1 Å². The maximum atomic E-state index is 12.1. The van der Waals surface area contributed by atoms with Crippen molar-refractivity contribution in [3.8, 4) is 0 Å². The smallest absolute Gasteiger partial charge is 0.230 e. The van der Waals surface area contributed by atoms with E-state index in [1.807, 2.05) is 30.3 Å². The van der Waals surface area contributed by atoms with Crippen LogP contribution >= 0.6 is 12.2 Å². The molecular formula is C13H16N2OS. The van der Waals surface area contributed by atoms with Crippen LogP contribution in [0.5, 0.6) is 0 Å². The van der Waals surface area contributed by atoms with Crippen molar-refractivity contribution in [2.24, 2.45) is 5.73 Å². The molecule has 1 aliphatic rings. The monoisotopic (exact) mass is 248 g/mol. The Morgan fingerprint density at radius 2 is 2.00 bits per heavy atom. The van der Waals surface area contributed by atoms with Gasteiger partial charge in [0.25, 0.3) is 0 Å². The summed E-state index contributed by atoms with van der Waals surface area (Å²) in [6.45, 7) is 0.531. The first-order valence-electron chi connectivity index (χ1n) is 5.77. The fraction of sp³-hybridized carbons (Fsp3) is 0.385. The molecule has 1 amide bonds. The third-order valence-corrected chi connectivity index (χ3v) is 3.37. The molecule has 1 fully saturated rings. The van der Waals surface area contributed by atoms with E-state index < -0.39 is 0 Å². The van der Waals surface area contributed by atoms with Crippen LogP contribution in [-0.2, 0) is 10.2 Å². The lowest BCUT2D eigenvalue weighted by Gasteiger charge is -2.15. The number of hydrogen-bond donors (Lipinski definition) is 2. The van der Waals surface area contributed by atoms with Crippen LogP contribution in [0.25, 0.3) is 0 Å². The third-order valence-electron chi connectivity index (χ3n) is 3.17. The van der Waals surface area contributed by atoms with Crippen molar-refractivity contribution in [1.29, 1.82) is 0 Å². The van der Waals surface area contributed by atoms with E-state index in [1.54, 1.807) is 0 Å². The fourth-order valence-electron chi connectivity index (χ4n) is 2.00. The third kappa shape index (κ3) is 2.64.